The number of hydrogen-bond donors (Lipinski definition) is 2. The first-order chi connectivity index (χ1) is 8.82. The Bertz CT molecular complexity index is 479. The second-order valence-corrected chi connectivity index (χ2v) is 4.68. The molecule has 1 aromatic heterocycles. The summed E-state index contributed by atoms with van der Waals surface area (Å²) in [5.74, 6) is -1.30. The molecule has 1 aromatic rings. The summed E-state index contributed by atoms with van der Waals surface area (Å²) in [6.07, 6.45) is 0. The van der Waals surface area contributed by atoms with Crippen molar-refractivity contribution in [2.24, 2.45) is 7.05 Å². The van der Waals surface area contributed by atoms with E-state index in [1.165, 1.54) is 0 Å². The summed E-state index contributed by atoms with van der Waals surface area (Å²) in [4.78, 5) is 25.2. The molecule has 0 aromatic carbocycles. The molecule has 2 amide bonds. The number of likely N-dealkylation sites (N-methyl/N-ethyl adjacent to an activating group) is 1. The summed E-state index contributed by atoms with van der Waals surface area (Å²) in [7, 11) is 5.58. The van der Waals surface area contributed by atoms with Gasteiger partial charge in [0.25, 0.3) is 0 Å². The average molecular weight is 267 g/mol. The largest absolute Gasteiger partial charge is 0.347 e. The Morgan fingerprint density at radius 2 is 1.89 bits per heavy atom. The lowest BCUT2D eigenvalue weighted by Crippen LogP contribution is -2.38. The van der Waals surface area contributed by atoms with Gasteiger partial charge in [0.15, 0.2) is 0 Å². The Morgan fingerprint density at radius 3 is 2.37 bits per heavy atom. The van der Waals surface area contributed by atoms with E-state index in [1.807, 2.05) is 25.9 Å². The van der Waals surface area contributed by atoms with Crippen LogP contribution in [0.1, 0.15) is 11.4 Å². The highest BCUT2D eigenvalue weighted by molar-refractivity contribution is 6.39. The van der Waals surface area contributed by atoms with Crippen LogP contribution in [0.15, 0.2) is 0 Å². The van der Waals surface area contributed by atoms with Gasteiger partial charge in [0.2, 0.25) is 0 Å². The summed E-state index contributed by atoms with van der Waals surface area (Å²) in [5.41, 5.74) is 2.09. The highest BCUT2D eigenvalue weighted by Crippen LogP contribution is 2.17. The summed E-state index contributed by atoms with van der Waals surface area (Å²) in [6, 6.07) is 0. The van der Waals surface area contributed by atoms with E-state index in [4.69, 9.17) is 0 Å². The number of anilines is 1. The van der Waals surface area contributed by atoms with E-state index < -0.39 is 11.8 Å². The average Bonchev–Trinajstić information content (AvgIpc) is 2.55. The molecule has 1 rings (SSSR count). The maximum absolute atomic E-state index is 11.7. The Balaban J connectivity index is 2.57. The fourth-order valence-corrected chi connectivity index (χ4v) is 1.60. The van der Waals surface area contributed by atoms with Crippen molar-refractivity contribution in [1.82, 2.24) is 20.0 Å². The molecule has 0 aliphatic heterocycles. The third-order valence-electron chi connectivity index (χ3n) is 2.80. The molecule has 0 fully saturated rings. The van der Waals surface area contributed by atoms with E-state index in [9.17, 15) is 9.59 Å². The lowest BCUT2D eigenvalue weighted by atomic mass is 10.3. The van der Waals surface area contributed by atoms with Gasteiger partial charge in [-0.1, -0.05) is 0 Å². The van der Waals surface area contributed by atoms with E-state index in [1.54, 1.807) is 18.7 Å². The highest BCUT2D eigenvalue weighted by Gasteiger charge is 2.17. The van der Waals surface area contributed by atoms with Gasteiger partial charge in [0, 0.05) is 20.1 Å². The Labute approximate surface area is 113 Å². The lowest BCUT2D eigenvalue weighted by molar-refractivity contribution is -0.136. The van der Waals surface area contributed by atoms with Crippen LogP contribution < -0.4 is 10.6 Å². The van der Waals surface area contributed by atoms with E-state index >= 15 is 0 Å². The van der Waals surface area contributed by atoms with Crippen LogP contribution in [0.4, 0.5) is 5.69 Å². The van der Waals surface area contributed by atoms with Gasteiger partial charge in [0.05, 0.1) is 17.1 Å². The number of aromatic nitrogens is 2. The zero-order chi connectivity index (χ0) is 14.6. The van der Waals surface area contributed by atoms with Gasteiger partial charge in [-0.05, 0) is 27.9 Å². The lowest BCUT2D eigenvalue weighted by Gasteiger charge is -2.10. The van der Waals surface area contributed by atoms with Gasteiger partial charge in [-0.25, -0.2) is 0 Å². The number of carbonyl (C=O) groups is 2. The monoisotopic (exact) mass is 267 g/mol. The number of nitrogens with one attached hydrogen (secondary N) is 2. The van der Waals surface area contributed by atoms with Crippen LogP contribution in [0.3, 0.4) is 0 Å². The van der Waals surface area contributed by atoms with E-state index in [2.05, 4.69) is 15.7 Å². The molecule has 7 nitrogen and oxygen atoms in total. The van der Waals surface area contributed by atoms with Gasteiger partial charge in [-0.2, -0.15) is 5.10 Å². The van der Waals surface area contributed by atoms with E-state index in [0.717, 1.165) is 5.69 Å². The van der Waals surface area contributed by atoms with Gasteiger partial charge in [-0.15, -0.1) is 0 Å². The molecule has 0 aliphatic rings. The third-order valence-corrected chi connectivity index (χ3v) is 2.80. The highest BCUT2D eigenvalue weighted by atomic mass is 16.2. The van der Waals surface area contributed by atoms with Crippen LogP contribution in [0.2, 0.25) is 0 Å². The van der Waals surface area contributed by atoms with Crippen molar-refractivity contribution in [3.8, 4) is 0 Å². The SMILES string of the molecule is Cc1nn(C)c(C)c1NC(=O)C(=O)NCCN(C)C. The smallest absolute Gasteiger partial charge is 0.313 e. The maximum Gasteiger partial charge on any atom is 0.313 e. The fourth-order valence-electron chi connectivity index (χ4n) is 1.60. The topological polar surface area (TPSA) is 79.3 Å². The number of aryl methyl sites for hydroxylation is 2. The minimum Gasteiger partial charge on any atom is -0.347 e. The van der Waals surface area contributed by atoms with Crippen molar-refractivity contribution in [3.63, 3.8) is 0 Å². The first-order valence-electron chi connectivity index (χ1n) is 6.07. The van der Waals surface area contributed by atoms with E-state index in [0.29, 0.717) is 24.5 Å². The van der Waals surface area contributed by atoms with Crippen molar-refractivity contribution in [1.29, 1.82) is 0 Å². The minimum absolute atomic E-state index is 0.435. The second-order valence-electron chi connectivity index (χ2n) is 4.68. The number of hydrogen-bond acceptors (Lipinski definition) is 4. The molecule has 2 N–H and O–H groups in total. The van der Waals surface area contributed by atoms with Crippen LogP contribution in [0, 0.1) is 13.8 Å². The number of nitrogens with zero attached hydrogens (tertiary/aromatic N) is 3. The summed E-state index contributed by atoms with van der Waals surface area (Å²) in [6.45, 7) is 4.74. The molecule has 19 heavy (non-hydrogen) atoms. The van der Waals surface area contributed by atoms with Crippen LogP contribution >= 0.6 is 0 Å². The molecule has 0 radical (unpaired) electrons. The maximum atomic E-state index is 11.7. The van der Waals surface area contributed by atoms with Crippen molar-refractivity contribution < 1.29 is 9.59 Å². The van der Waals surface area contributed by atoms with Crippen molar-refractivity contribution >= 4 is 17.5 Å². The van der Waals surface area contributed by atoms with Gasteiger partial charge in [0.1, 0.15) is 0 Å². The molecule has 106 valence electrons. The molecule has 0 atom stereocenters. The molecule has 0 unspecified atom stereocenters. The number of carbonyl (C=O) groups excluding carboxylic acids is 2. The van der Waals surface area contributed by atoms with Crippen LogP contribution in [-0.2, 0) is 16.6 Å². The Morgan fingerprint density at radius 1 is 1.26 bits per heavy atom. The molecular weight excluding hydrogens is 246 g/mol. The fraction of sp³-hybridized carbons (Fsp3) is 0.583. The van der Waals surface area contributed by atoms with Crippen LogP contribution in [0.25, 0.3) is 0 Å². The van der Waals surface area contributed by atoms with Crippen molar-refractivity contribution in [3.05, 3.63) is 11.4 Å². The number of rotatable bonds is 4. The molecule has 0 aliphatic carbocycles. The predicted octanol–water partition coefficient (Wildman–Crippen LogP) is -0.347. The van der Waals surface area contributed by atoms with Crippen molar-refractivity contribution in [2.75, 3.05) is 32.5 Å². The zero-order valence-corrected chi connectivity index (χ0v) is 12.1. The van der Waals surface area contributed by atoms with Crippen molar-refractivity contribution in [2.45, 2.75) is 13.8 Å². The second kappa shape index (κ2) is 6.33. The molecule has 0 saturated carbocycles. The normalized spacial score (nSPS) is 10.6. The van der Waals surface area contributed by atoms with Gasteiger partial charge >= 0.3 is 11.8 Å². The van der Waals surface area contributed by atoms with Crippen LogP contribution in [0.5, 0.6) is 0 Å². The zero-order valence-electron chi connectivity index (χ0n) is 12.1. The number of amides is 2. The predicted molar refractivity (Wildman–Crippen MR) is 72.9 cm³/mol. The van der Waals surface area contributed by atoms with Gasteiger partial charge < -0.3 is 15.5 Å². The molecule has 1 heterocycles. The molecular formula is C12H21N5O2. The van der Waals surface area contributed by atoms with Gasteiger partial charge in [-0.3, -0.25) is 14.3 Å². The Hall–Kier alpha value is -1.89. The molecule has 0 spiro atoms. The quantitative estimate of drug-likeness (QED) is 0.731. The Kier molecular flexibility index (Phi) is 5.05. The third kappa shape index (κ3) is 4.06. The standard InChI is InChI=1S/C12H21N5O2/c1-8-10(9(2)17(5)15-8)14-12(19)11(18)13-6-7-16(3)4/h6-7H2,1-5H3,(H,13,18)(H,14,19). The summed E-state index contributed by atoms with van der Waals surface area (Å²) in [5, 5.41) is 9.32. The van der Waals surface area contributed by atoms with E-state index in [-0.39, 0.29) is 0 Å². The molecule has 0 bridgehead atoms. The summed E-state index contributed by atoms with van der Waals surface area (Å²) < 4.78 is 1.66. The first kappa shape index (κ1) is 15.2. The first-order valence-corrected chi connectivity index (χ1v) is 6.07. The van der Waals surface area contributed by atoms with Crippen LogP contribution in [-0.4, -0.2) is 53.7 Å². The molecule has 7 heteroatoms. The summed E-state index contributed by atoms with van der Waals surface area (Å²) >= 11 is 0. The minimum atomic E-state index is -0.669. The molecule has 0 saturated heterocycles.